The fourth-order valence-electron chi connectivity index (χ4n) is 1.39. The summed E-state index contributed by atoms with van der Waals surface area (Å²) in [5.41, 5.74) is 6.37. The lowest BCUT2D eigenvalue weighted by molar-refractivity contribution is -0.118. The molecule has 6 nitrogen and oxygen atoms in total. The third-order valence-corrected chi connectivity index (χ3v) is 3.99. The highest BCUT2D eigenvalue weighted by atomic mass is 32.2. The molecule has 1 rings (SSSR count). The van der Waals surface area contributed by atoms with E-state index in [-0.39, 0.29) is 11.4 Å². The predicted octanol–water partition coefficient (Wildman–Crippen LogP) is -0.00930. The largest absolute Gasteiger partial charge is 0.399 e. The SMILES string of the molecule is Cc1ccc(N)cc1S(=O)(=O)CC(=O)NCC#N. The van der Waals surface area contributed by atoms with Gasteiger partial charge in [0.25, 0.3) is 0 Å². The zero-order valence-corrected chi connectivity index (χ0v) is 10.6. The van der Waals surface area contributed by atoms with Gasteiger partial charge in [0.1, 0.15) is 12.3 Å². The molecule has 18 heavy (non-hydrogen) atoms. The molecular weight excluding hydrogens is 254 g/mol. The Hall–Kier alpha value is -2.07. The van der Waals surface area contributed by atoms with Crippen LogP contribution in [0, 0.1) is 18.3 Å². The summed E-state index contributed by atoms with van der Waals surface area (Å²) < 4.78 is 24.0. The molecule has 1 amide bonds. The van der Waals surface area contributed by atoms with Gasteiger partial charge in [-0.3, -0.25) is 4.79 Å². The standard InChI is InChI=1S/C11H13N3O3S/c1-8-2-3-9(13)6-10(8)18(16,17)7-11(15)14-5-4-12/h2-3,6H,5,7,13H2,1H3,(H,14,15). The molecular formula is C11H13N3O3S. The number of rotatable bonds is 4. The van der Waals surface area contributed by atoms with Gasteiger partial charge in [-0.1, -0.05) is 6.07 Å². The summed E-state index contributed by atoms with van der Waals surface area (Å²) in [6.07, 6.45) is 0. The molecule has 0 unspecified atom stereocenters. The van der Waals surface area contributed by atoms with E-state index < -0.39 is 21.5 Å². The molecule has 7 heteroatoms. The first-order valence-electron chi connectivity index (χ1n) is 5.09. The quantitative estimate of drug-likeness (QED) is 0.588. The molecule has 0 aromatic heterocycles. The van der Waals surface area contributed by atoms with Crippen molar-refractivity contribution in [1.29, 1.82) is 5.26 Å². The fourth-order valence-corrected chi connectivity index (χ4v) is 2.87. The van der Waals surface area contributed by atoms with Crippen molar-refractivity contribution in [2.75, 3.05) is 18.0 Å². The van der Waals surface area contributed by atoms with E-state index in [0.29, 0.717) is 11.3 Å². The first-order valence-corrected chi connectivity index (χ1v) is 6.74. The number of nitrogen functional groups attached to an aromatic ring is 1. The third kappa shape index (κ3) is 3.46. The molecule has 0 saturated heterocycles. The summed E-state index contributed by atoms with van der Waals surface area (Å²) in [7, 11) is -3.74. The van der Waals surface area contributed by atoms with Crippen LogP contribution in [0.3, 0.4) is 0 Å². The number of benzene rings is 1. The molecule has 0 bridgehead atoms. The Morgan fingerprint density at radius 3 is 2.78 bits per heavy atom. The molecule has 0 spiro atoms. The Morgan fingerprint density at radius 2 is 2.17 bits per heavy atom. The summed E-state index contributed by atoms with van der Waals surface area (Å²) in [6.45, 7) is 1.41. The minimum absolute atomic E-state index is 0.0367. The molecule has 0 atom stereocenters. The van der Waals surface area contributed by atoms with Crippen LogP contribution >= 0.6 is 0 Å². The minimum Gasteiger partial charge on any atom is -0.399 e. The van der Waals surface area contributed by atoms with Gasteiger partial charge in [-0.15, -0.1) is 0 Å². The van der Waals surface area contributed by atoms with Crippen molar-refractivity contribution < 1.29 is 13.2 Å². The molecule has 0 aliphatic carbocycles. The Kier molecular flexibility index (Phi) is 4.28. The van der Waals surface area contributed by atoms with Gasteiger partial charge in [0.2, 0.25) is 5.91 Å². The number of sulfone groups is 1. The number of nitrogens with one attached hydrogen (secondary N) is 1. The van der Waals surface area contributed by atoms with Crippen LogP contribution in [-0.4, -0.2) is 26.6 Å². The summed E-state index contributed by atoms with van der Waals surface area (Å²) >= 11 is 0. The number of anilines is 1. The second-order valence-electron chi connectivity index (χ2n) is 3.72. The van der Waals surface area contributed by atoms with Gasteiger partial charge < -0.3 is 11.1 Å². The first kappa shape index (κ1) is 14.0. The fraction of sp³-hybridized carbons (Fsp3) is 0.273. The molecule has 1 aromatic carbocycles. The van der Waals surface area contributed by atoms with Crippen molar-refractivity contribution in [1.82, 2.24) is 5.32 Å². The van der Waals surface area contributed by atoms with E-state index in [1.807, 2.05) is 0 Å². The van der Waals surface area contributed by atoms with Gasteiger partial charge in [-0.25, -0.2) is 8.42 Å². The monoisotopic (exact) mass is 267 g/mol. The van der Waals surface area contributed by atoms with Gasteiger partial charge in [0, 0.05) is 5.69 Å². The third-order valence-electron chi connectivity index (χ3n) is 2.23. The van der Waals surface area contributed by atoms with Gasteiger partial charge in [0.15, 0.2) is 9.84 Å². The number of hydrogen-bond acceptors (Lipinski definition) is 5. The van der Waals surface area contributed by atoms with E-state index >= 15 is 0 Å². The predicted molar refractivity (Wildman–Crippen MR) is 66.3 cm³/mol. The second kappa shape index (κ2) is 5.51. The van der Waals surface area contributed by atoms with Gasteiger partial charge in [0.05, 0.1) is 11.0 Å². The van der Waals surface area contributed by atoms with Crippen LogP contribution in [0.25, 0.3) is 0 Å². The van der Waals surface area contributed by atoms with Crippen molar-refractivity contribution in [3.8, 4) is 6.07 Å². The van der Waals surface area contributed by atoms with Crippen LogP contribution in [0.15, 0.2) is 23.1 Å². The maximum Gasteiger partial charge on any atom is 0.236 e. The van der Waals surface area contributed by atoms with E-state index in [4.69, 9.17) is 11.0 Å². The second-order valence-corrected chi connectivity index (χ2v) is 5.68. The number of nitrogens with zero attached hydrogens (tertiary/aromatic N) is 1. The van der Waals surface area contributed by atoms with Crippen LogP contribution in [0.2, 0.25) is 0 Å². The highest BCUT2D eigenvalue weighted by Crippen LogP contribution is 2.19. The van der Waals surface area contributed by atoms with E-state index in [1.54, 1.807) is 25.1 Å². The molecule has 0 aliphatic rings. The summed E-state index contributed by atoms with van der Waals surface area (Å²) in [6, 6.07) is 6.19. The van der Waals surface area contributed by atoms with E-state index in [9.17, 15) is 13.2 Å². The molecule has 3 N–H and O–H groups in total. The Labute approximate surface area is 105 Å². The molecule has 1 aromatic rings. The van der Waals surface area contributed by atoms with E-state index in [2.05, 4.69) is 5.32 Å². The topological polar surface area (TPSA) is 113 Å². The Bertz CT molecular complexity index is 602. The lowest BCUT2D eigenvalue weighted by atomic mass is 10.2. The van der Waals surface area contributed by atoms with Gasteiger partial charge in [-0.2, -0.15) is 5.26 Å². The van der Waals surface area contributed by atoms with Crippen LogP contribution in [0.4, 0.5) is 5.69 Å². The zero-order chi connectivity index (χ0) is 13.8. The lowest BCUT2D eigenvalue weighted by Gasteiger charge is -2.08. The van der Waals surface area contributed by atoms with Crippen molar-refractivity contribution in [2.45, 2.75) is 11.8 Å². The van der Waals surface area contributed by atoms with Gasteiger partial charge in [-0.05, 0) is 24.6 Å². The molecule has 0 saturated carbocycles. The Morgan fingerprint density at radius 1 is 1.50 bits per heavy atom. The number of nitrogens with two attached hydrogens (primary N) is 1. The number of hydrogen-bond donors (Lipinski definition) is 2. The summed E-state index contributed by atoms with van der Waals surface area (Å²) in [5, 5.41) is 10.5. The first-order chi connectivity index (χ1) is 8.36. The normalized spacial score (nSPS) is 10.7. The maximum absolute atomic E-state index is 12.0. The van der Waals surface area contributed by atoms with Crippen LogP contribution in [0.1, 0.15) is 5.56 Å². The molecule has 0 heterocycles. The average Bonchev–Trinajstić information content (AvgIpc) is 2.29. The highest BCUT2D eigenvalue weighted by Gasteiger charge is 2.21. The molecule has 0 aliphatic heterocycles. The van der Waals surface area contributed by atoms with Crippen molar-refractivity contribution in [2.24, 2.45) is 0 Å². The average molecular weight is 267 g/mol. The van der Waals surface area contributed by atoms with Crippen LogP contribution in [0.5, 0.6) is 0 Å². The van der Waals surface area contributed by atoms with Crippen molar-refractivity contribution in [3.05, 3.63) is 23.8 Å². The smallest absolute Gasteiger partial charge is 0.236 e. The number of carbonyl (C=O) groups excluding carboxylic acids is 1. The molecule has 96 valence electrons. The van der Waals surface area contributed by atoms with Crippen molar-refractivity contribution >= 4 is 21.4 Å². The highest BCUT2D eigenvalue weighted by molar-refractivity contribution is 7.92. The Balaban J connectivity index is 2.97. The van der Waals surface area contributed by atoms with E-state index in [1.165, 1.54) is 6.07 Å². The maximum atomic E-state index is 12.0. The van der Waals surface area contributed by atoms with Crippen LogP contribution in [-0.2, 0) is 14.6 Å². The van der Waals surface area contributed by atoms with Crippen LogP contribution < -0.4 is 11.1 Å². The number of carbonyl (C=O) groups is 1. The number of amides is 1. The van der Waals surface area contributed by atoms with Gasteiger partial charge >= 0.3 is 0 Å². The van der Waals surface area contributed by atoms with E-state index in [0.717, 1.165) is 0 Å². The number of aryl methyl sites for hydroxylation is 1. The van der Waals surface area contributed by atoms with Crippen molar-refractivity contribution in [3.63, 3.8) is 0 Å². The lowest BCUT2D eigenvalue weighted by Crippen LogP contribution is -2.30. The zero-order valence-electron chi connectivity index (χ0n) is 9.80. The molecule has 0 radical (unpaired) electrons. The minimum atomic E-state index is -3.74. The molecule has 0 fully saturated rings. The summed E-state index contributed by atoms with van der Waals surface area (Å²) in [5.74, 6) is -1.41. The summed E-state index contributed by atoms with van der Waals surface area (Å²) in [4.78, 5) is 11.4. The number of nitriles is 1.